The van der Waals surface area contributed by atoms with Gasteiger partial charge in [-0.3, -0.25) is 9.69 Å². The molecular formula is C18H20ClN3O2. The molecule has 2 heterocycles. The van der Waals surface area contributed by atoms with E-state index in [2.05, 4.69) is 22.2 Å². The lowest BCUT2D eigenvalue weighted by atomic mass is 10.2. The topological polar surface area (TPSA) is 49.6 Å². The van der Waals surface area contributed by atoms with Gasteiger partial charge in [0.05, 0.1) is 0 Å². The molecule has 0 spiro atoms. The summed E-state index contributed by atoms with van der Waals surface area (Å²) in [6.07, 6.45) is 2.29. The Bertz CT molecular complexity index is 716. The Hall–Kier alpha value is -1.85. The summed E-state index contributed by atoms with van der Waals surface area (Å²) in [6.45, 7) is 4.05. The molecule has 2 aliphatic rings. The molecule has 0 N–H and O–H groups in total. The van der Waals surface area contributed by atoms with Crippen molar-refractivity contribution in [2.75, 3.05) is 26.2 Å². The first-order valence-electron chi connectivity index (χ1n) is 8.42. The first kappa shape index (κ1) is 15.7. The van der Waals surface area contributed by atoms with Crippen molar-refractivity contribution < 1.29 is 9.32 Å². The number of piperazine rings is 1. The van der Waals surface area contributed by atoms with Gasteiger partial charge < -0.3 is 9.42 Å². The Balaban J connectivity index is 1.31. The highest BCUT2D eigenvalue weighted by atomic mass is 35.5. The molecule has 1 aromatic carbocycles. The van der Waals surface area contributed by atoms with Crippen LogP contribution in [0.5, 0.6) is 0 Å². The molecule has 24 heavy (non-hydrogen) atoms. The summed E-state index contributed by atoms with van der Waals surface area (Å²) < 4.78 is 5.29. The number of aromatic nitrogens is 1. The van der Waals surface area contributed by atoms with Gasteiger partial charge in [-0.15, -0.1) is 0 Å². The molecule has 0 unspecified atom stereocenters. The SMILES string of the molecule is O=C(c1cc(C2CC2)on1)N1CCN(Cc2ccc(Cl)cc2)CC1. The maximum Gasteiger partial charge on any atom is 0.276 e. The average Bonchev–Trinajstić information content (AvgIpc) is 3.34. The standard InChI is InChI=1S/C18H20ClN3O2/c19-15-5-1-13(2-6-15)12-21-7-9-22(10-8-21)18(23)16-11-17(24-20-16)14-3-4-14/h1-2,5-6,11,14H,3-4,7-10,12H2. The molecule has 5 nitrogen and oxygen atoms in total. The maximum atomic E-state index is 12.5. The Kier molecular flexibility index (Phi) is 4.29. The van der Waals surface area contributed by atoms with Gasteiger partial charge in [0.2, 0.25) is 0 Å². The van der Waals surface area contributed by atoms with Crippen LogP contribution in [0.1, 0.15) is 40.6 Å². The summed E-state index contributed by atoms with van der Waals surface area (Å²) in [5.74, 6) is 1.33. The zero-order valence-corrected chi connectivity index (χ0v) is 14.2. The third-order valence-electron chi connectivity index (χ3n) is 4.71. The Labute approximate surface area is 146 Å². The highest BCUT2D eigenvalue weighted by Gasteiger charge is 2.30. The number of carbonyl (C=O) groups is 1. The predicted molar refractivity (Wildman–Crippen MR) is 91.1 cm³/mol. The normalized spacial score (nSPS) is 18.8. The van der Waals surface area contributed by atoms with Crippen LogP contribution in [0, 0.1) is 0 Å². The first-order valence-corrected chi connectivity index (χ1v) is 8.79. The molecule has 1 amide bonds. The summed E-state index contributed by atoms with van der Waals surface area (Å²) in [6, 6.07) is 9.75. The number of hydrogen-bond donors (Lipinski definition) is 0. The minimum Gasteiger partial charge on any atom is -0.360 e. The summed E-state index contributed by atoms with van der Waals surface area (Å²) >= 11 is 5.92. The van der Waals surface area contributed by atoms with Crippen LogP contribution in [0.3, 0.4) is 0 Å². The number of carbonyl (C=O) groups excluding carboxylic acids is 1. The molecule has 126 valence electrons. The minimum atomic E-state index is -0.0169. The van der Waals surface area contributed by atoms with Crippen LogP contribution < -0.4 is 0 Å². The predicted octanol–water partition coefficient (Wildman–Crippen LogP) is 3.16. The molecule has 0 bridgehead atoms. The molecule has 1 saturated carbocycles. The zero-order valence-electron chi connectivity index (χ0n) is 13.4. The van der Waals surface area contributed by atoms with Gasteiger partial charge in [0.1, 0.15) is 5.76 Å². The minimum absolute atomic E-state index is 0.0169. The van der Waals surface area contributed by atoms with E-state index in [9.17, 15) is 4.79 Å². The van der Waals surface area contributed by atoms with Crippen molar-refractivity contribution in [2.24, 2.45) is 0 Å². The van der Waals surface area contributed by atoms with E-state index in [-0.39, 0.29) is 5.91 Å². The van der Waals surface area contributed by atoms with Crippen molar-refractivity contribution in [2.45, 2.75) is 25.3 Å². The van der Waals surface area contributed by atoms with Crippen LogP contribution >= 0.6 is 11.6 Å². The molecule has 6 heteroatoms. The van der Waals surface area contributed by atoms with E-state index in [1.807, 2.05) is 23.1 Å². The first-order chi connectivity index (χ1) is 11.7. The fourth-order valence-corrected chi connectivity index (χ4v) is 3.20. The lowest BCUT2D eigenvalue weighted by Gasteiger charge is -2.34. The molecule has 2 fully saturated rings. The van der Waals surface area contributed by atoms with Gasteiger partial charge in [0, 0.05) is 49.7 Å². The summed E-state index contributed by atoms with van der Waals surface area (Å²) in [5, 5.41) is 4.71. The summed E-state index contributed by atoms with van der Waals surface area (Å²) in [4.78, 5) is 16.7. The van der Waals surface area contributed by atoms with Gasteiger partial charge in [0.15, 0.2) is 5.69 Å². The fourth-order valence-electron chi connectivity index (χ4n) is 3.07. The average molecular weight is 346 g/mol. The van der Waals surface area contributed by atoms with Gasteiger partial charge in [-0.1, -0.05) is 28.9 Å². The number of nitrogens with zero attached hydrogens (tertiary/aromatic N) is 3. The lowest BCUT2D eigenvalue weighted by molar-refractivity contribution is 0.0618. The van der Waals surface area contributed by atoms with E-state index in [4.69, 9.17) is 16.1 Å². The molecule has 1 saturated heterocycles. The molecule has 2 aromatic rings. The summed E-state index contributed by atoms with van der Waals surface area (Å²) in [5.41, 5.74) is 1.69. The van der Waals surface area contributed by atoms with E-state index in [1.54, 1.807) is 0 Å². The van der Waals surface area contributed by atoms with Crippen LogP contribution in [0.15, 0.2) is 34.9 Å². The second kappa shape index (κ2) is 6.57. The van der Waals surface area contributed by atoms with E-state index in [0.29, 0.717) is 11.6 Å². The molecule has 1 aromatic heterocycles. The van der Waals surface area contributed by atoms with Crippen molar-refractivity contribution >= 4 is 17.5 Å². The molecular weight excluding hydrogens is 326 g/mol. The monoisotopic (exact) mass is 345 g/mol. The van der Waals surface area contributed by atoms with Crippen LogP contribution in [-0.4, -0.2) is 47.0 Å². The van der Waals surface area contributed by atoms with Gasteiger partial charge in [-0.25, -0.2) is 0 Å². The van der Waals surface area contributed by atoms with Crippen molar-refractivity contribution in [3.63, 3.8) is 0 Å². The Morgan fingerprint density at radius 2 is 1.88 bits per heavy atom. The third-order valence-corrected chi connectivity index (χ3v) is 4.96. The largest absolute Gasteiger partial charge is 0.360 e. The Morgan fingerprint density at radius 1 is 1.17 bits per heavy atom. The molecule has 0 atom stereocenters. The number of hydrogen-bond acceptors (Lipinski definition) is 4. The van der Waals surface area contributed by atoms with Gasteiger partial charge in [0.25, 0.3) is 5.91 Å². The van der Waals surface area contributed by atoms with Crippen molar-refractivity contribution in [3.05, 3.63) is 52.4 Å². The molecule has 0 radical (unpaired) electrons. The van der Waals surface area contributed by atoms with E-state index < -0.39 is 0 Å². The van der Waals surface area contributed by atoms with E-state index in [0.717, 1.165) is 56.3 Å². The maximum absolute atomic E-state index is 12.5. The zero-order chi connectivity index (χ0) is 16.5. The molecule has 1 aliphatic heterocycles. The number of rotatable bonds is 4. The van der Waals surface area contributed by atoms with Gasteiger partial charge in [-0.2, -0.15) is 0 Å². The highest BCUT2D eigenvalue weighted by molar-refractivity contribution is 6.30. The van der Waals surface area contributed by atoms with Crippen molar-refractivity contribution in [3.8, 4) is 0 Å². The highest BCUT2D eigenvalue weighted by Crippen LogP contribution is 2.40. The van der Waals surface area contributed by atoms with E-state index in [1.165, 1.54) is 5.56 Å². The Morgan fingerprint density at radius 3 is 2.54 bits per heavy atom. The smallest absolute Gasteiger partial charge is 0.276 e. The van der Waals surface area contributed by atoms with Crippen LogP contribution in [0.25, 0.3) is 0 Å². The second-order valence-electron chi connectivity index (χ2n) is 6.58. The molecule has 4 rings (SSSR count). The fraction of sp³-hybridized carbons (Fsp3) is 0.444. The number of benzene rings is 1. The van der Waals surface area contributed by atoms with Crippen LogP contribution in [0.4, 0.5) is 0 Å². The van der Waals surface area contributed by atoms with Crippen molar-refractivity contribution in [1.82, 2.24) is 15.0 Å². The van der Waals surface area contributed by atoms with Gasteiger partial charge >= 0.3 is 0 Å². The van der Waals surface area contributed by atoms with E-state index >= 15 is 0 Å². The van der Waals surface area contributed by atoms with Crippen LogP contribution in [0.2, 0.25) is 5.02 Å². The summed E-state index contributed by atoms with van der Waals surface area (Å²) in [7, 11) is 0. The lowest BCUT2D eigenvalue weighted by Crippen LogP contribution is -2.48. The van der Waals surface area contributed by atoms with Gasteiger partial charge in [-0.05, 0) is 30.5 Å². The molecule has 1 aliphatic carbocycles. The second-order valence-corrected chi connectivity index (χ2v) is 7.02. The third kappa shape index (κ3) is 3.47. The number of amides is 1. The van der Waals surface area contributed by atoms with Crippen molar-refractivity contribution in [1.29, 1.82) is 0 Å². The van der Waals surface area contributed by atoms with Crippen LogP contribution in [-0.2, 0) is 6.54 Å². The quantitative estimate of drug-likeness (QED) is 0.854. The number of halogens is 1.